The van der Waals surface area contributed by atoms with Crippen LogP contribution in [0.2, 0.25) is 0 Å². The predicted molar refractivity (Wildman–Crippen MR) is 55.7 cm³/mol. The minimum atomic E-state index is -0.470. The fourth-order valence-corrected chi connectivity index (χ4v) is 4.19. The lowest BCUT2D eigenvalue weighted by Crippen LogP contribution is -2.68. The van der Waals surface area contributed by atoms with Gasteiger partial charge in [0.15, 0.2) is 5.60 Å². The molecular weight excluding hydrogens is 206 g/mol. The number of hydrogen-bond acceptors (Lipinski definition) is 4. The van der Waals surface area contributed by atoms with Crippen LogP contribution in [0.15, 0.2) is 11.6 Å². The largest absolute Gasteiger partial charge is 0.450 e. The molecule has 1 N–H and O–H groups in total. The van der Waals surface area contributed by atoms with Crippen molar-refractivity contribution in [1.82, 2.24) is 4.90 Å². The smallest absolute Gasteiger partial charge is 0.331 e. The van der Waals surface area contributed by atoms with Crippen LogP contribution in [0, 0.1) is 0 Å². The number of ether oxygens (including phenoxy) is 1. The minimum Gasteiger partial charge on any atom is -0.450 e. The summed E-state index contributed by atoms with van der Waals surface area (Å²) in [5, 5.41) is 10.1. The number of carbonyl (C=O) groups is 1. The molecule has 16 heavy (non-hydrogen) atoms. The highest BCUT2D eigenvalue weighted by molar-refractivity contribution is 5.87. The molecule has 0 radical (unpaired) electrons. The average molecular weight is 221 g/mol. The predicted octanol–water partition coefficient (Wildman–Crippen LogP) is 0.210. The minimum absolute atomic E-state index is 0.211. The Hall–Kier alpha value is -0.870. The van der Waals surface area contributed by atoms with E-state index in [4.69, 9.17) is 4.74 Å². The Morgan fingerprint density at radius 1 is 1.56 bits per heavy atom. The molecular formula is C12H15NO3. The molecule has 4 heterocycles. The molecule has 0 amide bonds. The molecule has 86 valence electrons. The fourth-order valence-electron chi connectivity index (χ4n) is 4.19. The Morgan fingerprint density at radius 2 is 2.44 bits per heavy atom. The van der Waals surface area contributed by atoms with Gasteiger partial charge in [0, 0.05) is 18.5 Å². The lowest BCUT2D eigenvalue weighted by molar-refractivity contribution is -0.176. The lowest BCUT2D eigenvalue weighted by atomic mass is 9.67. The SMILES string of the molecule is O=C1C=C2C[C@H]3C(O)C[C@]2(O1)[C@H]1CCCN31. The van der Waals surface area contributed by atoms with E-state index in [0.29, 0.717) is 12.5 Å². The first-order valence-corrected chi connectivity index (χ1v) is 6.08. The number of aliphatic hydroxyl groups is 1. The number of nitrogens with zero attached hydrogens (tertiary/aromatic N) is 1. The van der Waals surface area contributed by atoms with Crippen molar-refractivity contribution in [2.75, 3.05) is 6.54 Å². The molecule has 4 heteroatoms. The van der Waals surface area contributed by atoms with Gasteiger partial charge in [0.1, 0.15) is 0 Å². The van der Waals surface area contributed by atoms with Gasteiger partial charge in [0.25, 0.3) is 0 Å². The van der Waals surface area contributed by atoms with Crippen LogP contribution in [0.5, 0.6) is 0 Å². The molecule has 1 aliphatic carbocycles. The van der Waals surface area contributed by atoms with Crippen molar-refractivity contribution in [3.63, 3.8) is 0 Å². The van der Waals surface area contributed by atoms with Crippen LogP contribution < -0.4 is 0 Å². The number of esters is 1. The van der Waals surface area contributed by atoms with E-state index in [9.17, 15) is 9.90 Å². The molecule has 4 aliphatic heterocycles. The van der Waals surface area contributed by atoms with Crippen LogP contribution in [-0.2, 0) is 9.53 Å². The first-order chi connectivity index (χ1) is 7.71. The second-order valence-electron chi connectivity index (χ2n) is 5.42. The third-order valence-corrected chi connectivity index (χ3v) is 4.76. The number of aliphatic hydroxyl groups excluding tert-OH is 1. The van der Waals surface area contributed by atoms with Gasteiger partial charge in [0.2, 0.25) is 0 Å². The van der Waals surface area contributed by atoms with E-state index < -0.39 is 5.60 Å². The van der Waals surface area contributed by atoms with Gasteiger partial charge < -0.3 is 9.84 Å². The van der Waals surface area contributed by atoms with Crippen LogP contribution in [0.25, 0.3) is 0 Å². The normalized spacial score (nSPS) is 49.9. The third kappa shape index (κ3) is 0.870. The lowest BCUT2D eigenvalue weighted by Gasteiger charge is -2.56. The van der Waals surface area contributed by atoms with E-state index in [-0.39, 0.29) is 18.1 Å². The molecule has 3 saturated heterocycles. The summed E-state index contributed by atoms with van der Waals surface area (Å²) in [7, 11) is 0. The Bertz CT molecular complexity index is 405. The van der Waals surface area contributed by atoms with E-state index in [1.54, 1.807) is 6.08 Å². The van der Waals surface area contributed by atoms with Crippen molar-refractivity contribution in [3.05, 3.63) is 11.6 Å². The molecule has 2 bridgehead atoms. The fraction of sp³-hybridized carbons (Fsp3) is 0.750. The van der Waals surface area contributed by atoms with Crippen LogP contribution in [0.1, 0.15) is 25.7 Å². The van der Waals surface area contributed by atoms with Crippen LogP contribution in [0.4, 0.5) is 0 Å². The molecule has 1 spiro atoms. The molecule has 0 aromatic heterocycles. The van der Waals surface area contributed by atoms with E-state index in [2.05, 4.69) is 4.90 Å². The summed E-state index contributed by atoms with van der Waals surface area (Å²) >= 11 is 0. The molecule has 0 aromatic carbocycles. The molecule has 4 atom stereocenters. The van der Waals surface area contributed by atoms with Gasteiger partial charge in [-0.25, -0.2) is 4.79 Å². The van der Waals surface area contributed by atoms with Gasteiger partial charge in [-0.15, -0.1) is 0 Å². The van der Waals surface area contributed by atoms with Gasteiger partial charge in [-0.05, 0) is 31.4 Å². The maximum atomic E-state index is 11.5. The van der Waals surface area contributed by atoms with Gasteiger partial charge in [0.05, 0.1) is 12.1 Å². The second kappa shape index (κ2) is 2.68. The Balaban J connectivity index is 1.86. The molecule has 4 fully saturated rings. The number of hydrogen-bond donors (Lipinski definition) is 1. The summed E-state index contributed by atoms with van der Waals surface area (Å²) in [5.74, 6) is -0.211. The molecule has 5 rings (SSSR count). The number of carbonyl (C=O) groups excluding carboxylic acids is 1. The summed E-state index contributed by atoms with van der Waals surface area (Å²) < 4.78 is 5.59. The topological polar surface area (TPSA) is 49.8 Å². The van der Waals surface area contributed by atoms with Gasteiger partial charge in [-0.1, -0.05) is 0 Å². The highest BCUT2D eigenvalue weighted by Gasteiger charge is 2.63. The number of piperidine rings is 2. The maximum Gasteiger partial charge on any atom is 0.331 e. The van der Waals surface area contributed by atoms with Crippen molar-refractivity contribution < 1.29 is 14.6 Å². The quantitative estimate of drug-likeness (QED) is 0.594. The summed E-state index contributed by atoms with van der Waals surface area (Å²) in [4.78, 5) is 13.9. The average Bonchev–Trinajstić information content (AvgIpc) is 2.79. The van der Waals surface area contributed by atoms with E-state index >= 15 is 0 Å². The van der Waals surface area contributed by atoms with Crippen LogP contribution in [0.3, 0.4) is 0 Å². The molecule has 4 nitrogen and oxygen atoms in total. The summed E-state index contributed by atoms with van der Waals surface area (Å²) in [6, 6.07) is 0.544. The van der Waals surface area contributed by atoms with E-state index in [1.807, 2.05) is 0 Å². The van der Waals surface area contributed by atoms with Crippen LogP contribution >= 0.6 is 0 Å². The first-order valence-electron chi connectivity index (χ1n) is 6.08. The van der Waals surface area contributed by atoms with Gasteiger partial charge in [-0.2, -0.15) is 0 Å². The molecule has 5 aliphatic rings. The summed E-state index contributed by atoms with van der Waals surface area (Å²) in [6.07, 6.45) is 4.99. The molecule has 0 aromatic rings. The zero-order chi connectivity index (χ0) is 10.9. The van der Waals surface area contributed by atoms with Crippen molar-refractivity contribution in [2.24, 2.45) is 0 Å². The van der Waals surface area contributed by atoms with Crippen molar-refractivity contribution >= 4 is 5.97 Å². The highest BCUT2D eigenvalue weighted by atomic mass is 16.6. The standard InChI is InChI=1S/C12H15NO3/c14-9-6-12-7(5-11(15)16-12)4-8(9)13-3-1-2-10(12)13/h5,8-10,14H,1-4,6H2/t8-,9?,10+,12+/m0/s1. The molecule has 1 saturated carbocycles. The van der Waals surface area contributed by atoms with Gasteiger partial charge in [-0.3, -0.25) is 4.90 Å². The van der Waals surface area contributed by atoms with Crippen molar-refractivity contribution in [3.8, 4) is 0 Å². The zero-order valence-electron chi connectivity index (χ0n) is 9.06. The Morgan fingerprint density at radius 3 is 3.31 bits per heavy atom. The molecule has 1 unspecified atom stereocenters. The monoisotopic (exact) mass is 221 g/mol. The van der Waals surface area contributed by atoms with E-state index in [1.165, 1.54) is 0 Å². The number of fused-ring (bicyclic) bond motifs is 1. The maximum absolute atomic E-state index is 11.5. The summed E-state index contributed by atoms with van der Waals surface area (Å²) in [5.41, 5.74) is 0.665. The Kier molecular flexibility index (Phi) is 1.54. The third-order valence-electron chi connectivity index (χ3n) is 4.76. The van der Waals surface area contributed by atoms with Crippen LogP contribution in [-0.4, -0.2) is 46.3 Å². The van der Waals surface area contributed by atoms with E-state index in [0.717, 1.165) is 31.4 Å². The highest BCUT2D eigenvalue weighted by Crippen LogP contribution is 2.53. The Labute approximate surface area is 93.9 Å². The number of rotatable bonds is 0. The van der Waals surface area contributed by atoms with Crippen molar-refractivity contribution in [1.29, 1.82) is 0 Å². The van der Waals surface area contributed by atoms with Gasteiger partial charge >= 0.3 is 5.97 Å². The van der Waals surface area contributed by atoms with Crippen molar-refractivity contribution in [2.45, 2.75) is 49.5 Å². The second-order valence-corrected chi connectivity index (χ2v) is 5.42. The zero-order valence-corrected chi connectivity index (χ0v) is 9.06. The summed E-state index contributed by atoms with van der Waals surface area (Å²) in [6.45, 7) is 1.04. The first kappa shape index (κ1) is 9.19.